The average Bonchev–Trinajstić information content (AvgIpc) is 2.81. The van der Waals surface area contributed by atoms with Gasteiger partial charge in [0.05, 0.1) is 6.04 Å². The number of rotatable bonds is 7. The van der Waals surface area contributed by atoms with Crippen LogP contribution >= 0.6 is 0 Å². The molecule has 110 valence electrons. The normalized spacial score (nSPS) is 21.6. The maximum absolute atomic E-state index is 12.0. The van der Waals surface area contributed by atoms with Gasteiger partial charge in [0.25, 0.3) is 0 Å². The number of hydrogen-bond acceptors (Lipinski definition) is 3. The van der Waals surface area contributed by atoms with Crippen LogP contribution in [-0.2, 0) is 9.59 Å². The van der Waals surface area contributed by atoms with Crippen LogP contribution in [0.1, 0.15) is 40.0 Å². The molecule has 0 radical (unpaired) electrons. The van der Waals surface area contributed by atoms with Gasteiger partial charge in [-0.2, -0.15) is 0 Å². The molecule has 0 saturated carbocycles. The second-order valence-corrected chi connectivity index (χ2v) is 5.90. The highest BCUT2D eigenvalue weighted by atomic mass is 16.4. The van der Waals surface area contributed by atoms with Crippen LogP contribution < -0.4 is 5.32 Å². The zero-order valence-electron chi connectivity index (χ0n) is 12.2. The quantitative estimate of drug-likeness (QED) is 0.732. The largest absolute Gasteiger partial charge is 0.481 e. The molecule has 5 heteroatoms. The topological polar surface area (TPSA) is 69.6 Å². The summed E-state index contributed by atoms with van der Waals surface area (Å²) in [5.74, 6) is 0.211. The van der Waals surface area contributed by atoms with Gasteiger partial charge in [-0.3, -0.25) is 14.5 Å². The fourth-order valence-corrected chi connectivity index (χ4v) is 2.40. The number of carboxylic acids is 1. The second kappa shape index (κ2) is 7.48. The van der Waals surface area contributed by atoms with E-state index in [1.54, 1.807) is 0 Å². The fraction of sp³-hybridized carbons (Fsp3) is 0.857. The summed E-state index contributed by atoms with van der Waals surface area (Å²) < 4.78 is 0. The van der Waals surface area contributed by atoms with Crippen LogP contribution in [0, 0.1) is 11.8 Å². The molecule has 0 aromatic heterocycles. The van der Waals surface area contributed by atoms with E-state index in [-0.39, 0.29) is 18.4 Å². The van der Waals surface area contributed by atoms with E-state index < -0.39 is 5.97 Å². The van der Waals surface area contributed by atoms with Crippen molar-refractivity contribution >= 4 is 11.9 Å². The highest BCUT2D eigenvalue weighted by Gasteiger charge is 2.29. The van der Waals surface area contributed by atoms with Gasteiger partial charge >= 0.3 is 5.97 Å². The highest BCUT2D eigenvalue weighted by Crippen LogP contribution is 2.22. The predicted molar refractivity (Wildman–Crippen MR) is 73.9 cm³/mol. The van der Waals surface area contributed by atoms with Crippen molar-refractivity contribution in [3.8, 4) is 0 Å². The minimum Gasteiger partial charge on any atom is -0.481 e. The Morgan fingerprint density at radius 1 is 1.37 bits per heavy atom. The molecular weight excluding hydrogens is 244 g/mol. The van der Waals surface area contributed by atoms with Gasteiger partial charge in [-0.25, -0.2) is 0 Å². The summed E-state index contributed by atoms with van der Waals surface area (Å²) in [6, 6.07) is -0.117. The van der Waals surface area contributed by atoms with E-state index in [0.717, 1.165) is 19.5 Å². The van der Waals surface area contributed by atoms with E-state index in [9.17, 15) is 9.59 Å². The molecule has 1 amide bonds. The monoisotopic (exact) mass is 270 g/mol. The van der Waals surface area contributed by atoms with Crippen molar-refractivity contribution in [1.82, 2.24) is 10.2 Å². The molecule has 1 rings (SSSR count). The van der Waals surface area contributed by atoms with Gasteiger partial charge in [0.15, 0.2) is 0 Å². The first-order chi connectivity index (χ1) is 8.90. The van der Waals surface area contributed by atoms with Crippen molar-refractivity contribution in [2.24, 2.45) is 11.8 Å². The van der Waals surface area contributed by atoms with Gasteiger partial charge in [-0.1, -0.05) is 13.8 Å². The lowest BCUT2D eigenvalue weighted by molar-refractivity contribution is -0.137. The highest BCUT2D eigenvalue weighted by molar-refractivity contribution is 5.81. The lowest BCUT2D eigenvalue weighted by atomic mass is 10.0. The summed E-state index contributed by atoms with van der Waals surface area (Å²) in [5.41, 5.74) is 0. The Kier molecular flexibility index (Phi) is 6.28. The Hall–Kier alpha value is -1.10. The molecule has 5 nitrogen and oxygen atoms in total. The number of carbonyl (C=O) groups is 2. The van der Waals surface area contributed by atoms with E-state index in [1.807, 2.05) is 6.92 Å². The maximum Gasteiger partial charge on any atom is 0.303 e. The Morgan fingerprint density at radius 3 is 2.63 bits per heavy atom. The fourth-order valence-electron chi connectivity index (χ4n) is 2.40. The van der Waals surface area contributed by atoms with Crippen molar-refractivity contribution in [3.63, 3.8) is 0 Å². The molecular formula is C14H26N2O3. The van der Waals surface area contributed by atoms with Gasteiger partial charge < -0.3 is 10.4 Å². The summed E-state index contributed by atoms with van der Waals surface area (Å²) in [7, 11) is 0. The minimum atomic E-state index is -0.735. The van der Waals surface area contributed by atoms with Crippen LogP contribution in [0.2, 0.25) is 0 Å². The van der Waals surface area contributed by atoms with Crippen molar-refractivity contribution in [3.05, 3.63) is 0 Å². The summed E-state index contributed by atoms with van der Waals surface area (Å²) in [6.07, 6.45) is 1.94. The first-order valence-electron chi connectivity index (χ1n) is 7.13. The molecule has 1 saturated heterocycles. The standard InChI is InChI=1S/C14H26N2O3/c1-10(2)8-15-14(19)11(3)16-7-6-12(9-16)4-5-13(17)18/h10-12H,4-9H2,1-3H3,(H,15,19)(H,17,18). The molecule has 0 aromatic rings. The Morgan fingerprint density at radius 2 is 2.05 bits per heavy atom. The summed E-state index contributed by atoms with van der Waals surface area (Å²) >= 11 is 0. The van der Waals surface area contributed by atoms with Crippen molar-refractivity contribution in [2.75, 3.05) is 19.6 Å². The Labute approximate surface area is 115 Å². The number of nitrogens with one attached hydrogen (secondary N) is 1. The lowest BCUT2D eigenvalue weighted by Gasteiger charge is -2.24. The van der Waals surface area contributed by atoms with E-state index in [4.69, 9.17) is 5.11 Å². The first-order valence-corrected chi connectivity index (χ1v) is 7.13. The molecule has 19 heavy (non-hydrogen) atoms. The van der Waals surface area contributed by atoms with Crippen LogP contribution in [0.5, 0.6) is 0 Å². The summed E-state index contributed by atoms with van der Waals surface area (Å²) in [5, 5.41) is 11.6. The van der Waals surface area contributed by atoms with Crippen LogP contribution in [0.3, 0.4) is 0 Å². The number of nitrogens with zero attached hydrogens (tertiary/aromatic N) is 1. The molecule has 2 unspecified atom stereocenters. The molecule has 1 aliphatic heterocycles. The van der Waals surface area contributed by atoms with Crippen molar-refractivity contribution in [2.45, 2.75) is 46.1 Å². The van der Waals surface area contributed by atoms with Gasteiger partial charge in [0, 0.05) is 19.5 Å². The van der Waals surface area contributed by atoms with Gasteiger partial charge in [-0.15, -0.1) is 0 Å². The maximum atomic E-state index is 12.0. The third-order valence-corrected chi connectivity index (χ3v) is 3.70. The molecule has 0 aliphatic carbocycles. The molecule has 1 aliphatic rings. The van der Waals surface area contributed by atoms with Gasteiger partial charge in [-0.05, 0) is 38.1 Å². The number of carbonyl (C=O) groups excluding carboxylic acids is 1. The Bertz CT molecular complexity index is 318. The summed E-state index contributed by atoms with van der Waals surface area (Å²) in [4.78, 5) is 24.7. The predicted octanol–water partition coefficient (Wildman–Crippen LogP) is 1.33. The van der Waals surface area contributed by atoms with Gasteiger partial charge in [0.1, 0.15) is 0 Å². The zero-order chi connectivity index (χ0) is 14.4. The molecule has 0 aromatic carbocycles. The Balaban J connectivity index is 2.32. The molecule has 1 heterocycles. The second-order valence-electron chi connectivity index (χ2n) is 5.90. The van der Waals surface area contributed by atoms with E-state index in [0.29, 0.717) is 24.8 Å². The van der Waals surface area contributed by atoms with E-state index in [1.165, 1.54) is 0 Å². The van der Waals surface area contributed by atoms with Gasteiger partial charge in [0.2, 0.25) is 5.91 Å². The number of carboxylic acid groups (broad SMARTS) is 1. The third-order valence-electron chi connectivity index (χ3n) is 3.70. The molecule has 1 fully saturated rings. The number of amides is 1. The average molecular weight is 270 g/mol. The lowest BCUT2D eigenvalue weighted by Crippen LogP contribution is -2.45. The minimum absolute atomic E-state index is 0.0765. The SMILES string of the molecule is CC(C)CNC(=O)C(C)N1CCC(CCC(=O)O)C1. The van der Waals surface area contributed by atoms with Crippen LogP contribution in [0.4, 0.5) is 0 Å². The van der Waals surface area contributed by atoms with Crippen LogP contribution in [-0.4, -0.2) is 47.6 Å². The number of aliphatic carboxylic acids is 1. The van der Waals surface area contributed by atoms with Crippen molar-refractivity contribution in [1.29, 1.82) is 0 Å². The zero-order valence-corrected chi connectivity index (χ0v) is 12.2. The van der Waals surface area contributed by atoms with E-state index in [2.05, 4.69) is 24.1 Å². The molecule has 0 spiro atoms. The number of likely N-dealkylation sites (tertiary alicyclic amines) is 1. The smallest absolute Gasteiger partial charge is 0.303 e. The third kappa shape index (κ3) is 5.59. The van der Waals surface area contributed by atoms with Crippen LogP contribution in [0.15, 0.2) is 0 Å². The summed E-state index contributed by atoms with van der Waals surface area (Å²) in [6.45, 7) is 8.50. The first kappa shape index (κ1) is 16.0. The van der Waals surface area contributed by atoms with Crippen molar-refractivity contribution < 1.29 is 14.7 Å². The molecule has 2 N–H and O–H groups in total. The van der Waals surface area contributed by atoms with E-state index >= 15 is 0 Å². The molecule has 0 bridgehead atoms. The number of hydrogen-bond donors (Lipinski definition) is 2. The van der Waals surface area contributed by atoms with Crippen LogP contribution in [0.25, 0.3) is 0 Å². The molecule has 2 atom stereocenters.